The average molecular weight is 720 g/mol. The van der Waals surface area contributed by atoms with Crippen LogP contribution in [-0.2, 0) is 0 Å². The molecule has 0 amide bonds. The molecule has 4 heterocycles. The predicted octanol–water partition coefficient (Wildman–Crippen LogP) is 13.3. The normalized spacial score (nSPS) is 11.6. The SMILES string of the molecule is [C-]#[N+]c1cc(-c2nc(-c3cccc4sc5ccccc5c34)nc(-c3ccccc3)c2C#N)ccc1-n1c2ccccc2c2ccc3c4ccccc4oc3c21. The molecule has 11 rings (SSSR count). The summed E-state index contributed by atoms with van der Waals surface area (Å²) in [4.78, 5) is 14.4. The maximum Gasteiger partial charge on any atom is 0.211 e. The lowest BCUT2D eigenvalue weighted by Crippen LogP contribution is -2.02. The quantitative estimate of drug-likeness (QED) is 0.170. The molecule has 0 unspecified atom stereocenters. The van der Waals surface area contributed by atoms with Crippen molar-refractivity contribution in [2.45, 2.75) is 0 Å². The van der Waals surface area contributed by atoms with E-state index < -0.39 is 0 Å². The number of benzene rings is 7. The Kier molecular flexibility index (Phi) is 6.75. The van der Waals surface area contributed by atoms with Gasteiger partial charge in [0, 0.05) is 52.8 Å². The molecule has 7 aromatic carbocycles. The van der Waals surface area contributed by atoms with Crippen molar-refractivity contribution < 1.29 is 4.42 Å². The van der Waals surface area contributed by atoms with Gasteiger partial charge in [0.15, 0.2) is 11.4 Å². The van der Waals surface area contributed by atoms with Gasteiger partial charge in [-0.15, -0.1) is 11.3 Å². The van der Waals surface area contributed by atoms with E-state index in [9.17, 15) is 5.26 Å². The Morgan fingerprint density at radius 2 is 1.35 bits per heavy atom. The second-order valence-electron chi connectivity index (χ2n) is 13.5. The van der Waals surface area contributed by atoms with Crippen LogP contribution in [0.2, 0.25) is 0 Å². The molecule has 0 aliphatic carbocycles. The number of thiophene rings is 1. The average Bonchev–Trinajstić information content (AvgIpc) is 3.93. The second kappa shape index (κ2) is 12.0. The Bertz CT molecular complexity index is 3470. The standard InChI is InChI=1S/C48H25N5OS/c1-50-37-26-29(22-25-39(37)53-38-18-8-5-14-30(38)32-23-24-33-31-15-6-9-19-40(31)54-47(33)46(32)53)45-36(27-49)44(28-12-3-2-4-13-28)51-48(52-45)35-17-11-21-42-43(35)34-16-7-10-20-41(34)55-42/h2-26H. The van der Waals surface area contributed by atoms with Gasteiger partial charge >= 0.3 is 0 Å². The predicted molar refractivity (Wildman–Crippen MR) is 224 cm³/mol. The van der Waals surface area contributed by atoms with E-state index >= 15 is 0 Å². The van der Waals surface area contributed by atoms with Crippen LogP contribution in [-0.4, -0.2) is 14.5 Å². The van der Waals surface area contributed by atoms with Crippen molar-refractivity contribution in [2.24, 2.45) is 0 Å². The van der Waals surface area contributed by atoms with E-state index in [4.69, 9.17) is 21.0 Å². The summed E-state index contributed by atoms with van der Waals surface area (Å²) in [5.41, 5.74) is 8.30. The first-order chi connectivity index (χ1) is 27.2. The van der Waals surface area contributed by atoms with Gasteiger partial charge in [-0.2, -0.15) is 5.26 Å². The fourth-order valence-electron chi connectivity index (χ4n) is 8.09. The van der Waals surface area contributed by atoms with E-state index in [2.05, 4.69) is 82.2 Å². The number of nitrogens with zero attached hydrogens (tertiary/aromatic N) is 5. The number of para-hydroxylation sites is 2. The first kappa shape index (κ1) is 31.0. The Morgan fingerprint density at radius 1 is 0.636 bits per heavy atom. The van der Waals surface area contributed by atoms with Crippen LogP contribution in [0.25, 0.3) is 108 Å². The molecule has 4 aromatic heterocycles. The van der Waals surface area contributed by atoms with Gasteiger partial charge in [-0.3, -0.25) is 0 Å². The molecule has 0 N–H and O–H groups in total. The van der Waals surface area contributed by atoms with E-state index in [1.54, 1.807) is 11.3 Å². The van der Waals surface area contributed by atoms with Crippen molar-refractivity contribution in [3.63, 3.8) is 0 Å². The van der Waals surface area contributed by atoms with Gasteiger partial charge in [-0.05, 0) is 48.0 Å². The van der Waals surface area contributed by atoms with E-state index in [1.807, 2.05) is 84.9 Å². The molecule has 0 spiro atoms. The molecule has 0 bridgehead atoms. The molecule has 0 radical (unpaired) electrons. The van der Waals surface area contributed by atoms with Crippen LogP contribution >= 0.6 is 11.3 Å². The monoisotopic (exact) mass is 719 g/mol. The van der Waals surface area contributed by atoms with Crippen LogP contribution in [0.3, 0.4) is 0 Å². The van der Waals surface area contributed by atoms with Crippen molar-refractivity contribution in [3.05, 3.63) is 169 Å². The number of furan rings is 1. The fourth-order valence-corrected chi connectivity index (χ4v) is 9.22. The third-order valence-electron chi connectivity index (χ3n) is 10.5. The zero-order valence-corrected chi connectivity index (χ0v) is 29.8. The fraction of sp³-hybridized carbons (Fsp3) is 0. The third-order valence-corrected chi connectivity index (χ3v) is 11.6. The summed E-state index contributed by atoms with van der Waals surface area (Å²) in [5, 5.41) is 17.2. The Balaban J connectivity index is 1.18. The van der Waals surface area contributed by atoms with Gasteiger partial charge in [0.1, 0.15) is 17.2 Å². The molecular formula is C48H25N5OS. The highest BCUT2D eigenvalue weighted by atomic mass is 32.1. The van der Waals surface area contributed by atoms with Gasteiger partial charge in [-0.1, -0.05) is 109 Å². The van der Waals surface area contributed by atoms with Crippen LogP contribution in [0.1, 0.15) is 5.56 Å². The highest BCUT2D eigenvalue weighted by Gasteiger charge is 2.24. The first-order valence-electron chi connectivity index (χ1n) is 17.8. The van der Waals surface area contributed by atoms with E-state index in [1.165, 1.54) is 4.70 Å². The van der Waals surface area contributed by atoms with Crippen LogP contribution in [0.5, 0.6) is 0 Å². The van der Waals surface area contributed by atoms with Crippen LogP contribution in [0, 0.1) is 17.9 Å². The molecule has 254 valence electrons. The van der Waals surface area contributed by atoms with Crippen molar-refractivity contribution in [1.82, 2.24) is 14.5 Å². The molecule has 0 aliphatic rings. The number of aromatic nitrogens is 3. The molecule has 55 heavy (non-hydrogen) atoms. The van der Waals surface area contributed by atoms with Gasteiger partial charge in [0.25, 0.3) is 0 Å². The Hall–Kier alpha value is -7.58. The molecule has 0 fully saturated rings. The molecule has 0 aliphatic heterocycles. The molecule has 6 nitrogen and oxygen atoms in total. The molecule has 11 aromatic rings. The number of fused-ring (bicyclic) bond motifs is 10. The number of hydrogen-bond donors (Lipinski definition) is 0. The summed E-state index contributed by atoms with van der Waals surface area (Å²) in [6.07, 6.45) is 0. The highest BCUT2D eigenvalue weighted by Crippen LogP contribution is 2.44. The maximum absolute atomic E-state index is 10.8. The minimum absolute atomic E-state index is 0.349. The van der Waals surface area contributed by atoms with E-state index in [0.717, 1.165) is 70.3 Å². The minimum Gasteiger partial charge on any atom is -0.454 e. The number of rotatable bonds is 4. The van der Waals surface area contributed by atoms with Gasteiger partial charge < -0.3 is 8.98 Å². The lowest BCUT2D eigenvalue weighted by atomic mass is 9.98. The largest absolute Gasteiger partial charge is 0.454 e. The summed E-state index contributed by atoms with van der Waals surface area (Å²) in [6, 6.07) is 53.2. The molecule has 0 atom stereocenters. The minimum atomic E-state index is 0.349. The maximum atomic E-state index is 10.8. The lowest BCUT2D eigenvalue weighted by Gasteiger charge is -2.15. The molecule has 7 heteroatoms. The molecule has 0 saturated heterocycles. The second-order valence-corrected chi connectivity index (χ2v) is 14.6. The topological polar surface area (TPSA) is 72.0 Å². The third kappa shape index (κ3) is 4.58. The summed E-state index contributed by atoms with van der Waals surface area (Å²) in [6.45, 7) is 8.51. The zero-order chi connectivity index (χ0) is 36.6. The zero-order valence-electron chi connectivity index (χ0n) is 29.0. The van der Waals surface area contributed by atoms with Crippen LogP contribution in [0.4, 0.5) is 5.69 Å². The first-order valence-corrected chi connectivity index (χ1v) is 18.7. The van der Waals surface area contributed by atoms with Crippen molar-refractivity contribution >= 4 is 80.9 Å². The van der Waals surface area contributed by atoms with Gasteiger partial charge in [-0.25, -0.2) is 14.8 Å². The van der Waals surface area contributed by atoms with E-state index in [0.29, 0.717) is 39.7 Å². The molecular weight excluding hydrogens is 695 g/mol. The van der Waals surface area contributed by atoms with Crippen molar-refractivity contribution in [3.8, 4) is 45.7 Å². The van der Waals surface area contributed by atoms with Crippen molar-refractivity contribution in [1.29, 1.82) is 5.26 Å². The van der Waals surface area contributed by atoms with Gasteiger partial charge in [0.05, 0.1) is 34.7 Å². The van der Waals surface area contributed by atoms with Gasteiger partial charge in [0.2, 0.25) is 5.69 Å². The number of hydrogen-bond acceptors (Lipinski definition) is 5. The Morgan fingerprint density at radius 3 is 2.18 bits per heavy atom. The van der Waals surface area contributed by atoms with Crippen LogP contribution < -0.4 is 0 Å². The van der Waals surface area contributed by atoms with Crippen LogP contribution in [0.15, 0.2) is 156 Å². The summed E-state index contributed by atoms with van der Waals surface area (Å²) >= 11 is 1.74. The smallest absolute Gasteiger partial charge is 0.211 e. The summed E-state index contributed by atoms with van der Waals surface area (Å²) in [5.74, 6) is 0.519. The summed E-state index contributed by atoms with van der Waals surface area (Å²) in [7, 11) is 0. The van der Waals surface area contributed by atoms with Crippen molar-refractivity contribution in [2.75, 3.05) is 0 Å². The van der Waals surface area contributed by atoms with E-state index in [-0.39, 0.29) is 0 Å². The summed E-state index contributed by atoms with van der Waals surface area (Å²) < 4.78 is 11.0. The highest BCUT2D eigenvalue weighted by molar-refractivity contribution is 7.25. The number of nitriles is 1. The molecule has 0 saturated carbocycles. The Labute approximate surface area is 318 Å². The lowest BCUT2D eigenvalue weighted by molar-refractivity contribution is 0.671.